The maximum absolute atomic E-state index is 15.3. The van der Waals surface area contributed by atoms with Crippen molar-refractivity contribution in [2.75, 3.05) is 26.2 Å². The molecule has 0 spiro atoms. The van der Waals surface area contributed by atoms with E-state index in [1.807, 2.05) is 67.6 Å². The lowest BCUT2D eigenvalue weighted by molar-refractivity contribution is 0.225. The standard InChI is InChI=1S/C39H47F2N3/c1-6-31(19-18-29(2)14-12-22-42-23-13-15-30(3)44-24-10-11-25-44)38(33-20-21-37-34(26-33)36(40)28-43-37)35(27-39(4,5)41)32-16-8-7-9-17-32/h6-9,13,15-21,26,28,42-43H,2-3,10-12,14,22-25,27H2,1,4-5H3/b15-13+,19-18-,31-6+,38-35+. The quantitative estimate of drug-likeness (QED) is 0.104. The predicted octanol–water partition coefficient (Wildman–Crippen LogP) is 9.95. The van der Waals surface area contributed by atoms with E-state index in [2.05, 4.69) is 46.6 Å². The molecule has 1 saturated heterocycles. The van der Waals surface area contributed by atoms with Crippen LogP contribution in [0, 0.1) is 5.82 Å². The van der Waals surface area contributed by atoms with Crippen molar-refractivity contribution in [3.63, 3.8) is 0 Å². The van der Waals surface area contributed by atoms with Crippen LogP contribution in [0.4, 0.5) is 8.78 Å². The van der Waals surface area contributed by atoms with Crippen LogP contribution in [0.15, 0.2) is 115 Å². The SMILES string of the molecule is C=C(\C=C/C(=C\C)C(=C(/CC(C)(C)F)c1ccccc1)/c1ccc2[nH]cc(F)c2c1)CCCNC/C=C/C(=C)N1CCCC1. The highest BCUT2D eigenvalue weighted by molar-refractivity contribution is 6.01. The van der Waals surface area contributed by atoms with Crippen LogP contribution in [0.2, 0.25) is 0 Å². The van der Waals surface area contributed by atoms with Crippen molar-refractivity contribution in [1.82, 2.24) is 15.2 Å². The maximum Gasteiger partial charge on any atom is 0.148 e. The Balaban J connectivity index is 1.51. The van der Waals surface area contributed by atoms with Gasteiger partial charge < -0.3 is 15.2 Å². The van der Waals surface area contributed by atoms with Gasteiger partial charge in [0.1, 0.15) is 11.5 Å². The molecule has 0 radical (unpaired) electrons. The molecular weight excluding hydrogens is 548 g/mol. The second kappa shape index (κ2) is 15.7. The lowest BCUT2D eigenvalue weighted by atomic mass is 9.83. The summed E-state index contributed by atoms with van der Waals surface area (Å²) in [6, 6.07) is 15.6. The molecule has 0 aliphatic carbocycles. The summed E-state index contributed by atoms with van der Waals surface area (Å²) < 4.78 is 30.0. The Bertz CT molecular complexity index is 1540. The van der Waals surface area contributed by atoms with Crippen LogP contribution in [0.1, 0.15) is 64.0 Å². The molecule has 1 aliphatic rings. The first kappa shape index (κ1) is 32.9. The molecule has 1 aromatic heterocycles. The van der Waals surface area contributed by atoms with Gasteiger partial charge in [-0.05, 0) is 99.1 Å². The summed E-state index contributed by atoms with van der Waals surface area (Å²) in [5, 5.41) is 3.99. The molecule has 0 unspecified atom stereocenters. The number of alkyl halides is 1. The molecule has 2 aromatic carbocycles. The third-order valence-corrected chi connectivity index (χ3v) is 7.98. The Hall–Kier alpha value is -3.96. The summed E-state index contributed by atoms with van der Waals surface area (Å²) in [5.41, 5.74) is 5.88. The molecule has 2 N–H and O–H groups in total. The Morgan fingerprint density at radius 1 is 1.02 bits per heavy atom. The smallest absolute Gasteiger partial charge is 0.148 e. The number of hydrogen-bond acceptors (Lipinski definition) is 2. The molecule has 3 nitrogen and oxygen atoms in total. The van der Waals surface area contributed by atoms with Gasteiger partial charge in [0.25, 0.3) is 0 Å². The van der Waals surface area contributed by atoms with E-state index in [1.165, 1.54) is 19.0 Å². The average molecular weight is 596 g/mol. The van der Waals surface area contributed by atoms with Gasteiger partial charge in [0.15, 0.2) is 0 Å². The second-order valence-electron chi connectivity index (χ2n) is 12.1. The molecule has 0 amide bonds. The molecule has 1 fully saturated rings. The summed E-state index contributed by atoms with van der Waals surface area (Å²) in [6.45, 7) is 17.6. The Morgan fingerprint density at radius 3 is 2.48 bits per heavy atom. The number of nitrogens with zero attached hydrogens (tertiary/aromatic N) is 1. The lowest BCUT2D eigenvalue weighted by Gasteiger charge is -2.23. The number of hydrogen-bond donors (Lipinski definition) is 2. The lowest BCUT2D eigenvalue weighted by Crippen LogP contribution is -2.17. The molecule has 0 saturated carbocycles. The van der Waals surface area contributed by atoms with Crippen LogP contribution < -0.4 is 5.32 Å². The summed E-state index contributed by atoms with van der Waals surface area (Å²) in [7, 11) is 0. The van der Waals surface area contributed by atoms with Gasteiger partial charge in [-0.2, -0.15) is 0 Å². The minimum atomic E-state index is -1.45. The summed E-state index contributed by atoms with van der Waals surface area (Å²) in [4.78, 5) is 5.32. The molecule has 2 heterocycles. The summed E-state index contributed by atoms with van der Waals surface area (Å²) >= 11 is 0. The van der Waals surface area contributed by atoms with Gasteiger partial charge in [0, 0.05) is 48.9 Å². The topological polar surface area (TPSA) is 31.1 Å². The zero-order valence-corrected chi connectivity index (χ0v) is 26.6. The molecular formula is C39H47F2N3. The van der Waals surface area contributed by atoms with Gasteiger partial charge in [0.05, 0.1) is 0 Å². The van der Waals surface area contributed by atoms with Crippen molar-refractivity contribution in [3.8, 4) is 0 Å². The molecule has 0 atom stereocenters. The normalized spacial score (nSPS) is 15.1. The maximum atomic E-state index is 15.3. The second-order valence-corrected chi connectivity index (χ2v) is 12.1. The van der Waals surface area contributed by atoms with Gasteiger partial charge >= 0.3 is 0 Å². The molecule has 232 valence electrons. The van der Waals surface area contributed by atoms with Crippen LogP contribution in [-0.4, -0.2) is 41.7 Å². The monoisotopic (exact) mass is 595 g/mol. The van der Waals surface area contributed by atoms with Crippen LogP contribution in [0.25, 0.3) is 22.0 Å². The Morgan fingerprint density at radius 2 is 1.77 bits per heavy atom. The van der Waals surface area contributed by atoms with Crippen LogP contribution in [-0.2, 0) is 0 Å². The van der Waals surface area contributed by atoms with E-state index in [1.54, 1.807) is 13.8 Å². The minimum absolute atomic E-state index is 0.206. The van der Waals surface area contributed by atoms with E-state index < -0.39 is 5.67 Å². The van der Waals surface area contributed by atoms with Crippen molar-refractivity contribution < 1.29 is 8.78 Å². The average Bonchev–Trinajstić information content (AvgIpc) is 3.68. The van der Waals surface area contributed by atoms with Crippen molar-refractivity contribution in [2.45, 2.75) is 58.5 Å². The third kappa shape index (κ3) is 9.27. The van der Waals surface area contributed by atoms with Crippen molar-refractivity contribution in [1.29, 1.82) is 0 Å². The van der Waals surface area contributed by atoms with Crippen LogP contribution in [0.3, 0.4) is 0 Å². The number of allylic oxidation sites excluding steroid dienone is 8. The first-order chi connectivity index (χ1) is 21.2. The van der Waals surface area contributed by atoms with Gasteiger partial charge in [-0.3, -0.25) is 0 Å². The van der Waals surface area contributed by atoms with Crippen molar-refractivity contribution in [2.24, 2.45) is 0 Å². The van der Waals surface area contributed by atoms with Gasteiger partial charge in [-0.15, -0.1) is 0 Å². The van der Waals surface area contributed by atoms with Crippen LogP contribution >= 0.6 is 0 Å². The van der Waals surface area contributed by atoms with Crippen molar-refractivity contribution >= 4 is 22.0 Å². The molecule has 5 heteroatoms. The number of H-pyrrole nitrogens is 1. The number of aromatic amines is 1. The Labute approximate surface area is 262 Å². The number of nitrogens with one attached hydrogen (secondary N) is 2. The number of rotatable bonds is 15. The third-order valence-electron chi connectivity index (χ3n) is 7.98. The number of fused-ring (bicyclic) bond motifs is 1. The largest absolute Gasteiger partial charge is 0.372 e. The summed E-state index contributed by atoms with van der Waals surface area (Å²) in [5.74, 6) is -0.306. The van der Waals surface area contributed by atoms with Crippen molar-refractivity contribution in [3.05, 3.63) is 132 Å². The predicted molar refractivity (Wildman–Crippen MR) is 185 cm³/mol. The van der Waals surface area contributed by atoms with E-state index in [4.69, 9.17) is 0 Å². The first-order valence-electron chi connectivity index (χ1n) is 15.7. The van der Waals surface area contributed by atoms with E-state index >= 15 is 4.39 Å². The fourth-order valence-corrected chi connectivity index (χ4v) is 5.70. The molecule has 3 aromatic rings. The van der Waals surface area contributed by atoms with E-state index in [0.29, 0.717) is 5.39 Å². The van der Waals surface area contributed by atoms with Gasteiger partial charge in [-0.1, -0.05) is 79.4 Å². The zero-order chi connectivity index (χ0) is 31.5. The Kier molecular flexibility index (Phi) is 11.7. The highest BCUT2D eigenvalue weighted by Gasteiger charge is 2.24. The van der Waals surface area contributed by atoms with Gasteiger partial charge in [-0.25, -0.2) is 8.78 Å². The highest BCUT2D eigenvalue weighted by Crippen LogP contribution is 2.39. The molecule has 1 aliphatic heterocycles. The number of aromatic nitrogens is 1. The fraction of sp³-hybridized carbons (Fsp3) is 0.333. The number of likely N-dealkylation sites (tertiary alicyclic amines) is 1. The number of benzene rings is 2. The van der Waals surface area contributed by atoms with Crippen LogP contribution in [0.5, 0.6) is 0 Å². The van der Waals surface area contributed by atoms with E-state index in [9.17, 15) is 4.39 Å². The fourth-order valence-electron chi connectivity index (χ4n) is 5.70. The van der Waals surface area contributed by atoms with E-state index in [-0.39, 0.29) is 12.2 Å². The minimum Gasteiger partial charge on any atom is -0.372 e. The van der Waals surface area contributed by atoms with Gasteiger partial charge in [0.2, 0.25) is 0 Å². The molecule has 4 rings (SSSR count). The molecule has 44 heavy (non-hydrogen) atoms. The summed E-state index contributed by atoms with van der Waals surface area (Å²) in [6.07, 6.45) is 16.3. The highest BCUT2D eigenvalue weighted by atomic mass is 19.1. The first-order valence-corrected chi connectivity index (χ1v) is 15.7. The molecule has 0 bridgehead atoms. The number of halogens is 2. The van der Waals surface area contributed by atoms with E-state index in [0.717, 1.165) is 83.7 Å². The zero-order valence-electron chi connectivity index (χ0n) is 26.6.